The molecule has 0 spiro atoms. The summed E-state index contributed by atoms with van der Waals surface area (Å²) in [7, 11) is 3.55. The van der Waals surface area contributed by atoms with E-state index in [4.69, 9.17) is 10.5 Å². The second-order valence-corrected chi connectivity index (χ2v) is 4.49. The molecule has 1 aromatic heterocycles. The Morgan fingerprint density at radius 1 is 1.42 bits per heavy atom. The topological polar surface area (TPSA) is 65.1 Å². The molecule has 2 aromatic rings. The van der Waals surface area contributed by atoms with Crippen molar-refractivity contribution in [3.63, 3.8) is 0 Å². The molecule has 0 radical (unpaired) electrons. The van der Waals surface area contributed by atoms with Crippen molar-refractivity contribution in [2.75, 3.05) is 18.2 Å². The molecule has 2 rings (SSSR count). The van der Waals surface area contributed by atoms with Crippen molar-refractivity contribution in [3.05, 3.63) is 29.5 Å². The van der Waals surface area contributed by atoms with Gasteiger partial charge in [0.2, 0.25) is 0 Å². The predicted molar refractivity (Wildman–Crippen MR) is 78.0 cm³/mol. The number of hydrogen-bond donors (Lipinski definition) is 2. The summed E-state index contributed by atoms with van der Waals surface area (Å²) in [5.74, 6) is 1.67. The third-order valence-electron chi connectivity index (χ3n) is 3.18. The van der Waals surface area contributed by atoms with Crippen LogP contribution in [0.25, 0.3) is 0 Å². The number of aryl methyl sites for hydroxylation is 3. The van der Waals surface area contributed by atoms with E-state index in [0.29, 0.717) is 5.69 Å². The SMILES string of the molecule is CCc1nn(C)c(Nc2ccc(OC)cc2C)c1N. The molecular weight excluding hydrogens is 240 g/mol. The van der Waals surface area contributed by atoms with Crippen molar-refractivity contribution in [1.82, 2.24) is 9.78 Å². The third-order valence-corrected chi connectivity index (χ3v) is 3.18. The largest absolute Gasteiger partial charge is 0.497 e. The lowest BCUT2D eigenvalue weighted by atomic mass is 10.2. The standard InChI is InChI=1S/C14H20N4O/c1-5-11-13(15)14(18(3)17-11)16-12-7-6-10(19-4)8-9(12)2/h6-8,16H,5,15H2,1-4H3. The van der Waals surface area contributed by atoms with Crippen LogP contribution in [0.5, 0.6) is 5.75 Å². The second kappa shape index (κ2) is 5.22. The number of nitrogens with one attached hydrogen (secondary N) is 1. The summed E-state index contributed by atoms with van der Waals surface area (Å²) < 4.78 is 6.97. The highest BCUT2D eigenvalue weighted by atomic mass is 16.5. The van der Waals surface area contributed by atoms with Gasteiger partial charge < -0.3 is 15.8 Å². The Bertz CT molecular complexity index is 589. The number of nitrogens with zero attached hydrogens (tertiary/aromatic N) is 2. The number of ether oxygens (including phenoxy) is 1. The minimum atomic E-state index is 0.709. The molecule has 0 bridgehead atoms. The molecule has 5 nitrogen and oxygen atoms in total. The Morgan fingerprint density at radius 3 is 2.68 bits per heavy atom. The van der Waals surface area contributed by atoms with Gasteiger partial charge in [-0.2, -0.15) is 5.10 Å². The lowest BCUT2D eigenvalue weighted by Crippen LogP contribution is -2.02. The van der Waals surface area contributed by atoms with Crippen molar-refractivity contribution in [1.29, 1.82) is 0 Å². The Balaban J connectivity index is 2.33. The molecule has 0 unspecified atom stereocenters. The van der Waals surface area contributed by atoms with E-state index >= 15 is 0 Å². The van der Waals surface area contributed by atoms with Crippen LogP contribution < -0.4 is 15.8 Å². The molecule has 0 saturated carbocycles. The smallest absolute Gasteiger partial charge is 0.152 e. The first kappa shape index (κ1) is 13.3. The molecule has 1 aromatic carbocycles. The molecule has 3 N–H and O–H groups in total. The van der Waals surface area contributed by atoms with Crippen LogP contribution in [-0.4, -0.2) is 16.9 Å². The van der Waals surface area contributed by atoms with Crippen LogP contribution in [0.15, 0.2) is 18.2 Å². The van der Waals surface area contributed by atoms with Crippen LogP contribution in [0, 0.1) is 6.92 Å². The molecule has 5 heteroatoms. The second-order valence-electron chi connectivity index (χ2n) is 4.49. The van der Waals surface area contributed by atoms with Gasteiger partial charge in [-0.15, -0.1) is 0 Å². The molecule has 0 aliphatic rings. The van der Waals surface area contributed by atoms with Gasteiger partial charge in [0.05, 0.1) is 18.5 Å². The number of hydrogen-bond acceptors (Lipinski definition) is 4. The van der Waals surface area contributed by atoms with Crippen molar-refractivity contribution in [2.45, 2.75) is 20.3 Å². The summed E-state index contributed by atoms with van der Waals surface area (Å²) >= 11 is 0. The zero-order valence-electron chi connectivity index (χ0n) is 11.8. The van der Waals surface area contributed by atoms with Gasteiger partial charge in [0.25, 0.3) is 0 Å². The number of rotatable bonds is 4. The maximum absolute atomic E-state index is 6.10. The van der Waals surface area contributed by atoms with Gasteiger partial charge in [-0.25, -0.2) is 0 Å². The van der Waals surface area contributed by atoms with Crippen LogP contribution in [-0.2, 0) is 13.5 Å². The van der Waals surface area contributed by atoms with Gasteiger partial charge in [0, 0.05) is 12.7 Å². The predicted octanol–water partition coefficient (Wildman–Crippen LogP) is 2.63. The van der Waals surface area contributed by atoms with Crippen LogP contribution >= 0.6 is 0 Å². The van der Waals surface area contributed by atoms with E-state index in [0.717, 1.165) is 34.9 Å². The Morgan fingerprint density at radius 2 is 2.16 bits per heavy atom. The van der Waals surface area contributed by atoms with Crippen molar-refractivity contribution >= 4 is 17.2 Å². The zero-order valence-corrected chi connectivity index (χ0v) is 11.8. The zero-order chi connectivity index (χ0) is 14.0. The summed E-state index contributed by atoms with van der Waals surface area (Å²) in [5, 5.41) is 7.73. The summed E-state index contributed by atoms with van der Waals surface area (Å²) in [5.41, 5.74) is 9.81. The lowest BCUT2D eigenvalue weighted by Gasteiger charge is -2.11. The van der Waals surface area contributed by atoms with Crippen LogP contribution in [0.1, 0.15) is 18.2 Å². The molecule has 0 amide bonds. The van der Waals surface area contributed by atoms with Crippen LogP contribution in [0.3, 0.4) is 0 Å². The molecule has 0 aliphatic heterocycles. The maximum Gasteiger partial charge on any atom is 0.152 e. The Labute approximate surface area is 113 Å². The van der Waals surface area contributed by atoms with Gasteiger partial charge in [-0.1, -0.05) is 6.92 Å². The van der Waals surface area contributed by atoms with Crippen molar-refractivity contribution in [3.8, 4) is 5.75 Å². The van der Waals surface area contributed by atoms with E-state index in [-0.39, 0.29) is 0 Å². The summed E-state index contributed by atoms with van der Waals surface area (Å²) in [6, 6.07) is 5.88. The summed E-state index contributed by atoms with van der Waals surface area (Å²) in [6.07, 6.45) is 0.822. The Kier molecular flexibility index (Phi) is 3.64. The van der Waals surface area contributed by atoms with Crippen LogP contribution in [0.4, 0.5) is 17.2 Å². The van der Waals surface area contributed by atoms with E-state index in [9.17, 15) is 0 Å². The first-order chi connectivity index (χ1) is 9.06. The molecule has 0 atom stereocenters. The fourth-order valence-corrected chi connectivity index (χ4v) is 2.04. The van der Waals surface area contributed by atoms with E-state index in [2.05, 4.69) is 10.4 Å². The molecule has 102 valence electrons. The van der Waals surface area contributed by atoms with Gasteiger partial charge in [-0.3, -0.25) is 4.68 Å². The minimum Gasteiger partial charge on any atom is -0.497 e. The third kappa shape index (κ3) is 2.50. The number of aromatic nitrogens is 2. The van der Waals surface area contributed by atoms with E-state index in [1.807, 2.05) is 39.1 Å². The minimum absolute atomic E-state index is 0.709. The highest BCUT2D eigenvalue weighted by Gasteiger charge is 2.12. The quantitative estimate of drug-likeness (QED) is 0.887. The molecule has 1 heterocycles. The van der Waals surface area contributed by atoms with Crippen LogP contribution in [0.2, 0.25) is 0 Å². The normalized spacial score (nSPS) is 10.5. The van der Waals surface area contributed by atoms with Crippen molar-refractivity contribution in [2.24, 2.45) is 7.05 Å². The summed E-state index contributed by atoms with van der Waals surface area (Å²) in [4.78, 5) is 0. The number of nitrogens with two attached hydrogens (primary N) is 1. The fraction of sp³-hybridized carbons (Fsp3) is 0.357. The van der Waals surface area contributed by atoms with E-state index < -0.39 is 0 Å². The highest BCUT2D eigenvalue weighted by molar-refractivity contribution is 5.73. The van der Waals surface area contributed by atoms with Gasteiger partial charge in [0.15, 0.2) is 5.82 Å². The number of nitrogen functional groups attached to an aromatic ring is 1. The molecule has 0 fully saturated rings. The number of methoxy groups -OCH3 is 1. The first-order valence-corrected chi connectivity index (χ1v) is 6.29. The number of anilines is 3. The maximum atomic E-state index is 6.10. The van der Waals surface area contributed by atoms with Gasteiger partial charge in [-0.05, 0) is 37.1 Å². The molecule has 0 aliphatic carbocycles. The highest BCUT2D eigenvalue weighted by Crippen LogP contribution is 2.29. The fourth-order valence-electron chi connectivity index (χ4n) is 2.04. The van der Waals surface area contributed by atoms with Gasteiger partial charge in [0.1, 0.15) is 5.75 Å². The number of benzene rings is 1. The molecule has 0 saturated heterocycles. The molecule has 19 heavy (non-hydrogen) atoms. The van der Waals surface area contributed by atoms with E-state index in [1.165, 1.54) is 0 Å². The molecular formula is C14H20N4O. The average Bonchev–Trinajstić information content (AvgIpc) is 2.68. The average molecular weight is 260 g/mol. The van der Waals surface area contributed by atoms with E-state index in [1.54, 1.807) is 11.8 Å². The van der Waals surface area contributed by atoms with Gasteiger partial charge >= 0.3 is 0 Å². The summed E-state index contributed by atoms with van der Waals surface area (Å²) in [6.45, 7) is 4.07. The van der Waals surface area contributed by atoms with Crippen molar-refractivity contribution < 1.29 is 4.74 Å². The monoisotopic (exact) mass is 260 g/mol. The first-order valence-electron chi connectivity index (χ1n) is 6.29. The Hall–Kier alpha value is -2.17. The lowest BCUT2D eigenvalue weighted by molar-refractivity contribution is 0.414.